The van der Waals surface area contributed by atoms with Crippen LogP contribution in [0.25, 0.3) is 33.7 Å². The highest BCUT2D eigenvalue weighted by Gasteiger charge is 2.12. The monoisotopic (exact) mass is 371 g/mol. The molecule has 0 saturated carbocycles. The average Bonchev–Trinajstić information content (AvgIpc) is 3.41. The van der Waals surface area contributed by atoms with E-state index in [4.69, 9.17) is 0 Å². The molecule has 27 heavy (non-hydrogen) atoms. The first-order valence-electron chi connectivity index (χ1n) is 8.35. The minimum absolute atomic E-state index is 0.176. The summed E-state index contributed by atoms with van der Waals surface area (Å²) >= 11 is 1.32. The quantitative estimate of drug-likeness (QED) is 0.529. The van der Waals surface area contributed by atoms with Gasteiger partial charge in [-0.25, -0.2) is 0 Å². The fraction of sp³-hybridized carbons (Fsp3) is 0. The Balaban J connectivity index is 1.61. The molecule has 0 atom stereocenters. The number of nitrogens with zero attached hydrogens (tertiary/aromatic N) is 4. The lowest BCUT2D eigenvalue weighted by Crippen LogP contribution is -2.23. The SMILES string of the molecule is O=c1/c(=C/c2cn[nH]c2-c2ccccc2)sc2nc(-c3ccccc3)nn12. The van der Waals surface area contributed by atoms with Crippen molar-refractivity contribution < 1.29 is 0 Å². The maximum atomic E-state index is 12.8. The second kappa shape index (κ2) is 6.30. The molecule has 0 bridgehead atoms. The number of benzene rings is 2. The fourth-order valence-electron chi connectivity index (χ4n) is 2.93. The van der Waals surface area contributed by atoms with Gasteiger partial charge in [-0.2, -0.15) is 14.6 Å². The molecule has 7 heteroatoms. The number of fused-ring (bicyclic) bond motifs is 1. The van der Waals surface area contributed by atoms with E-state index in [1.807, 2.05) is 66.7 Å². The molecule has 130 valence electrons. The van der Waals surface area contributed by atoms with Crippen molar-refractivity contribution in [2.45, 2.75) is 0 Å². The van der Waals surface area contributed by atoms with Crippen LogP contribution in [0.1, 0.15) is 5.56 Å². The van der Waals surface area contributed by atoms with E-state index < -0.39 is 0 Å². The number of hydrogen-bond donors (Lipinski definition) is 1. The third kappa shape index (κ3) is 2.74. The second-order valence-electron chi connectivity index (χ2n) is 5.98. The van der Waals surface area contributed by atoms with Gasteiger partial charge in [0.2, 0.25) is 4.96 Å². The van der Waals surface area contributed by atoms with E-state index in [0.717, 1.165) is 22.4 Å². The Morgan fingerprint density at radius 3 is 2.37 bits per heavy atom. The Kier molecular flexibility index (Phi) is 3.65. The van der Waals surface area contributed by atoms with Crippen molar-refractivity contribution in [3.63, 3.8) is 0 Å². The maximum Gasteiger partial charge on any atom is 0.291 e. The first-order chi connectivity index (χ1) is 13.3. The Morgan fingerprint density at radius 2 is 1.67 bits per heavy atom. The lowest BCUT2D eigenvalue weighted by molar-refractivity contribution is 0.937. The molecule has 0 unspecified atom stereocenters. The zero-order valence-corrected chi connectivity index (χ0v) is 14.9. The van der Waals surface area contributed by atoms with Crippen LogP contribution in [0.5, 0.6) is 0 Å². The fourth-order valence-corrected chi connectivity index (χ4v) is 3.82. The molecule has 3 aromatic heterocycles. The predicted octanol–water partition coefficient (Wildman–Crippen LogP) is 2.76. The van der Waals surface area contributed by atoms with Crippen molar-refractivity contribution in [1.29, 1.82) is 0 Å². The Labute approximate surface area is 157 Å². The van der Waals surface area contributed by atoms with Gasteiger partial charge in [0.05, 0.1) is 16.4 Å². The van der Waals surface area contributed by atoms with Crippen molar-refractivity contribution in [1.82, 2.24) is 24.8 Å². The first kappa shape index (κ1) is 15.7. The van der Waals surface area contributed by atoms with Crippen LogP contribution in [0.4, 0.5) is 0 Å². The van der Waals surface area contributed by atoms with Crippen LogP contribution < -0.4 is 10.1 Å². The molecule has 5 aromatic rings. The molecule has 0 amide bonds. The predicted molar refractivity (Wildman–Crippen MR) is 105 cm³/mol. The molecule has 0 fully saturated rings. The topological polar surface area (TPSA) is 75.9 Å². The largest absolute Gasteiger partial charge is 0.291 e. The Morgan fingerprint density at radius 1 is 0.963 bits per heavy atom. The lowest BCUT2D eigenvalue weighted by Gasteiger charge is -1.98. The average molecular weight is 371 g/mol. The van der Waals surface area contributed by atoms with Gasteiger partial charge in [-0.05, 0) is 6.08 Å². The van der Waals surface area contributed by atoms with Gasteiger partial charge in [0.15, 0.2) is 5.82 Å². The van der Waals surface area contributed by atoms with Crippen LogP contribution >= 0.6 is 11.3 Å². The van der Waals surface area contributed by atoms with Gasteiger partial charge in [0.25, 0.3) is 5.56 Å². The van der Waals surface area contributed by atoms with E-state index in [0.29, 0.717) is 15.3 Å². The van der Waals surface area contributed by atoms with E-state index >= 15 is 0 Å². The van der Waals surface area contributed by atoms with E-state index in [1.54, 1.807) is 6.20 Å². The van der Waals surface area contributed by atoms with Crippen LogP contribution in [0, 0.1) is 0 Å². The molecule has 6 nitrogen and oxygen atoms in total. The molecule has 0 spiro atoms. The Bertz CT molecular complexity index is 1340. The van der Waals surface area contributed by atoms with Gasteiger partial charge >= 0.3 is 0 Å². The van der Waals surface area contributed by atoms with Crippen molar-refractivity contribution in [3.05, 3.63) is 87.3 Å². The lowest BCUT2D eigenvalue weighted by atomic mass is 10.1. The van der Waals surface area contributed by atoms with E-state index in [1.165, 1.54) is 15.9 Å². The molecule has 0 radical (unpaired) electrons. The van der Waals surface area contributed by atoms with E-state index in [9.17, 15) is 4.79 Å². The highest BCUT2D eigenvalue weighted by atomic mass is 32.1. The van der Waals surface area contributed by atoms with Crippen molar-refractivity contribution in [3.8, 4) is 22.6 Å². The van der Waals surface area contributed by atoms with Gasteiger partial charge in [-0.3, -0.25) is 9.89 Å². The zero-order chi connectivity index (χ0) is 18.2. The molecular weight excluding hydrogens is 358 g/mol. The molecule has 3 heterocycles. The number of aromatic amines is 1. The van der Waals surface area contributed by atoms with Crippen molar-refractivity contribution in [2.24, 2.45) is 0 Å². The molecule has 0 aliphatic rings. The van der Waals surface area contributed by atoms with E-state index in [2.05, 4.69) is 20.3 Å². The summed E-state index contributed by atoms with van der Waals surface area (Å²) in [5.74, 6) is 0.554. The van der Waals surface area contributed by atoms with Gasteiger partial charge in [0.1, 0.15) is 0 Å². The van der Waals surface area contributed by atoms with Crippen LogP contribution in [-0.4, -0.2) is 24.8 Å². The summed E-state index contributed by atoms with van der Waals surface area (Å²) in [6, 6.07) is 19.5. The molecule has 0 aliphatic heterocycles. The maximum absolute atomic E-state index is 12.8. The molecule has 0 aliphatic carbocycles. The summed E-state index contributed by atoms with van der Waals surface area (Å²) in [5, 5.41) is 11.5. The highest BCUT2D eigenvalue weighted by molar-refractivity contribution is 7.15. The minimum atomic E-state index is -0.176. The molecule has 1 N–H and O–H groups in total. The summed E-state index contributed by atoms with van der Waals surface area (Å²) < 4.78 is 1.93. The van der Waals surface area contributed by atoms with Gasteiger partial charge in [-0.1, -0.05) is 72.0 Å². The second-order valence-corrected chi connectivity index (χ2v) is 6.99. The summed E-state index contributed by atoms with van der Waals surface area (Å²) in [5.41, 5.74) is 3.45. The smallest absolute Gasteiger partial charge is 0.277 e. The highest BCUT2D eigenvalue weighted by Crippen LogP contribution is 2.21. The first-order valence-corrected chi connectivity index (χ1v) is 9.17. The summed E-state index contributed by atoms with van der Waals surface area (Å²) in [6.45, 7) is 0. The number of nitrogens with one attached hydrogen (secondary N) is 1. The number of hydrogen-bond acceptors (Lipinski definition) is 5. The normalized spacial score (nSPS) is 12.1. The molecule has 2 aromatic carbocycles. The minimum Gasteiger partial charge on any atom is -0.277 e. The summed E-state index contributed by atoms with van der Waals surface area (Å²) in [6.07, 6.45) is 3.55. The van der Waals surface area contributed by atoms with Crippen LogP contribution in [-0.2, 0) is 0 Å². The number of rotatable bonds is 3. The Hall–Kier alpha value is -3.58. The number of aromatic nitrogens is 5. The summed E-state index contributed by atoms with van der Waals surface area (Å²) in [7, 11) is 0. The standard InChI is InChI=1S/C20H13N5OS/c26-19-16(11-15-12-21-23-17(15)13-7-3-1-4-8-13)27-20-22-18(24-25(19)20)14-9-5-2-6-10-14/h1-12H,(H,21,23)/b16-11-. The zero-order valence-electron chi connectivity index (χ0n) is 14.0. The molecule has 0 saturated heterocycles. The van der Waals surface area contributed by atoms with Gasteiger partial charge < -0.3 is 0 Å². The third-order valence-electron chi connectivity index (χ3n) is 4.23. The van der Waals surface area contributed by atoms with Crippen LogP contribution in [0.3, 0.4) is 0 Å². The molecular formula is C20H13N5OS. The van der Waals surface area contributed by atoms with Crippen LogP contribution in [0.2, 0.25) is 0 Å². The molecule has 5 rings (SSSR count). The summed E-state index contributed by atoms with van der Waals surface area (Å²) in [4.78, 5) is 17.8. The van der Waals surface area contributed by atoms with Gasteiger partial charge in [-0.15, -0.1) is 5.10 Å². The van der Waals surface area contributed by atoms with Gasteiger partial charge in [0, 0.05) is 16.7 Å². The third-order valence-corrected chi connectivity index (χ3v) is 5.19. The number of H-pyrrole nitrogens is 1. The van der Waals surface area contributed by atoms with Crippen molar-refractivity contribution in [2.75, 3.05) is 0 Å². The van der Waals surface area contributed by atoms with Crippen LogP contribution in [0.15, 0.2) is 71.7 Å². The van der Waals surface area contributed by atoms with Crippen molar-refractivity contribution >= 4 is 22.4 Å². The number of thiazole rings is 1. The van der Waals surface area contributed by atoms with E-state index in [-0.39, 0.29) is 5.56 Å².